The van der Waals surface area contributed by atoms with Crippen LogP contribution in [0.15, 0.2) is 18.2 Å². The highest BCUT2D eigenvalue weighted by molar-refractivity contribution is 6.03. The highest BCUT2D eigenvalue weighted by Crippen LogP contribution is 2.35. The largest absolute Gasteiger partial charge is 0.478 e. The van der Waals surface area contributed by atoms with Crippen LogP contribution in [0.25, 0.3) is 0 Å². The van der Waals surface area contributed by atoms with Crippen molar-refractivity contribution in [3.8, 4) is 5.75 Å². The van der Waals surface area contributed by atoms with E-state index < -0.39 is 6.10 Å². The van der Waals surface area contributed by atoms with E-state index in [1.807, 2.05) is 32.0 Å². The average Bonchev–Trinajstić information content (AvgIpc) is 2.59. The SMILES string of the molecule is CC[C@@H]1Oc2ccc(C)cc2N(CC(=O)N[C@@H]2CCCC[C@@H]2C)C1=O. The third-order valence-corrected chi connectivity index (χ3v) is 5.35. The molecule has 3 rings (SSSR count). The number of nitrogens with one attached hydrogen (secondary N) is 1. The molecule has 0 unspecified atom stereocenters. The molecule has 2 aliphatic rings. The molecule has 1 fully saturated rings. The summed E-state index contributed by atoms with van der Waals surface area (Å²) in [5.41, 5.74) is 1.73. The third kappa shape index (κ3) is 3.80. The molecule has 0 saturated heterocycles. The lowest BCUT2D eigenvalue weighted by molar-refractivity contribution is -0.129. The number of hydrogen-bond acceptors (Lipinski definition) is 3. The van der Waals surface area contributed by atoms with E-state index in [0.29, 0.717) is 23.8 Å². The van der Waals surface area contributed by atoms with Crippen molar-refractivity contribution in [2.75, 3.05) is 11.4 Å². The zero-order valence-electron chi connectivity index (χ0n) is 15.4. The van der Waals surface area contributed by atoms with E-state index >= 15 is 0 Å². The number of carbonyl (C=O) groups excluding carboxylic acids is 2. The molecule has 0 spiro atoms. The van der Waals surface area contributed by atoms with Crippen LogP contribution in [0.1, 0.15) is 51.5 Å². The minimum Gasteiger partial charge on any atom is -0.478 e. The van der Waals surface area contributed by atoms with Crippen molar-refractivity contribution >= 4 is 17.5 Å². The lowest BCUT2D eigenvalue weighted by Gasteiger charge is -2.35. The number of nitrogens with zero attached hydrogens (tertiary/aromatic N) is 1. The molecule has 1 heterocycles. The van der Waals surface area contributed by atoms with Crippen molar-refractivity contribution < 1.29 is 14.3 Å². The van der Waals surface area contributed by atoms with Gasteiger partial charge in [0.25, 0.3) is 5.91 Å². The van der Waals surface area contributed by atoms with Crippen LogP contribution in [-0.2, 0) is 9.59 Å². The minimum atomic E-state index is -0.517. The Bertz CT molecular complexity index is 658. The Kier molecular flexibility index (Phi) is 5.30. The predicted octanol–water partition coefficient (Wildman–Crippen LogP) is 3.19. The number of benzene rings is 1. The molecule has 136 valence electrons. The van der Waals surface area contributed by atoms with E-state index in [4.69, 9.17) is 4.74 Å². The Morgan fingerprint density at radius 3 is 2.80 bits per heavy atom. The summed E-state index contributed by atoms with van der Waals surface area (Å²) in [6.45, 7) is 6.14. The van der Waals surface area contributed by atoms with Gasteiger partial charge in [0, 0.05) is 6.04 Å². The number of rotatable bonds is 4. The van der Waals surface area contributed by atoms with Gasteiger partial charge in [0.15, 0.2) is 6.10 Å². The topological polar surface area (TPSA) is 58.6 Å². The number of hydrogen-bond donors (Lipinski definition) is 1. The van der Waals surface area contributed by atoms with Crippen molar-refractivity contribution in [2.24, 2.45) is 5.92 Å². The minimum absolute atomic E-state index is 0.0539. The maximum absolute atomic E-state index is 12.7. The van der Waals surface area contributed by atoms with Crippen LogP contribution < -0.4 is 15.0 Å². The van der Waals surface area contributed by atoms with Gasteiger partial charge in [-0.3, -0.25) is 14.5 Å². The lowest BCUT2D eigenvalue weighted by Crippen LogP contribution is -2.51. The molecule has 1 N–H and O–H groups in total. The summed E-state index contributed by atoms with van der Waals surface area (Å²) in [4.78, 5) is 26.9. The molecule has 0 aromatic heterocycles. The Morgan fingerprint density at radius 1 is 1.32 bits per heavy atom. The standard InChI is InChI=1S/C20H28N2O3/c1-4-17-20(24)22(16-11-13(2)9-10-18(16)25-17)12-19(23)21-15-8-6-5-7-14(15)3/h9-11,14-15,17H,4-8,12H2,1-3H3,(H,21,23)/t14-,15+,17-/m0/s1. The molecule has 5 nitrogen and oxygen atoms in total. The van der Waals surface area contributed by atoms with Crippen LogP contribution in [0.4, 0.5) is 5.69 Å². The Labute approximate surface area is 149 Å². The molecule has 0 bridgehead atoms. The van der Waals surface area contributed by atoms with E-state index in [2.05, 4.69) is 12.2 Å². The van der Waals surface area contributed by atoms with Crippen molar-refractivity contribution in [1.82, 2.24) is 5.32 Å². The van der Waals surface area contributed by atoms with Gasteiger partial charge in [0.1, 0.15) is 12.3 Å². The van der Waals surface area contributed by atoms with Gasteiger partial charge in [0.05, 0.1) is 5.69 Å². The molecular formula is C20H28N2O3. The molecule has 1 aromatic rings. The second-order valence-electron chi connectivity index (χ2n) is 7.35. The molecule has 3 atom stereocenters. The molecule has 2 amide bonds. The molecule has 0 radical (unpaired) electrons. The number of amides is 2. The highest BCUT2D eigenvalue weighted by Gasteiger charge is 2.35. The first-order valence-electron chi connectivity index (χ1n) is 9.37. The lowest BCUT2D eigenvalue weighted by atomic mass is 9.86. The van der Waals surface area contributed by atoms with Gasteiger partial charge < -0.3 is 10.1 Å². The second kappa shape index (κ2) is 7.46. The first-order chi connectivity index (χ1) is 12.0. The number of anilines is 1. The number of fused-ring (bicyclic) bond motifs is 1. The van der Waals surface area contributed by atoms with Gasteiger partial charge in [-0.05, 0) is 49.8 Å². The molecule has 25 heavy (non-hydrogen) atoms. The zero-order valence-corrected chi connectivity index (χ0v) is 15.4. The zero-order chi connectivity index (χ0) is 18.0. The van der Waals surface area contributed by atoms with Gasteiger partial charge in [-0.25, -0.2) is 0 Å². The maximum atomic E-state index is 12.7. The molecular weight excluding hydrogens is 316 g/mol. The summed E-state index contributed by atoms with van der Waals surface area (Å²) in [6.07, 6.45) is 4.64. The quantitative estimate of drug-likeness (QED) is 0.912. The summed E-state index contributed by atoms with van der Waals surface area (Å²) in [6, 6.07) is 5.98. The summed E-state index contributed by atoms with van der Waals surface area (Å²) in [5.74, 6) is 0.954. The van der Waals surface area contributed by atoms with Gasteiger partial charge in [0.2, 0.25) is 5.91 Å². The van der Waals surface area contributed by atoms with Crippen LogP contribution >= 0.6 is 0 Å². The second-order valence-corrected chi connectivity index (χ2v) is 7.35. The Morgan fingerprint density at radius 2 is 2.08 bits per heavy atom. The molecule has 1 aromatic carbocycles. The molecule has 1 saturated carbocycles. The Hall–Kier alpha value is -2.04. The van der Waals surface area contributed by atoms with Crippen LogP contribution in [-0.4, -0.2) is 30.5 Å². The van der Waals surface area contributed by atoms with Gasteiger partial charge in [-0.1, -0.05) is 32.8 Å². The molecule has 5 heteroatoms. The summed E-state index contributed by atoms with van der Waals surface area (Å²) < 4.78 is 5.80. The number of ether oxygens (including phenoxy) is 1. The van der Waals surface area contributed by atoms with E-state index in [0.717, 1.165) is 24.8 Å². The number of aryl methyl sites for hydroxylation is 1. The summed E-state index contributed by atoms with van der Waals surface area (Å²) in [7, 11) is 0. The predicted molar refractivity (Wildman–Crippen MR) is 97.8 cm³/mol. The summed E-state index contributed by atoms with van der Waals surface area (Å²) >= 11 is 0. The first-order valence-corrected chi connectivity index (χ1v) is 9.37. The first kappa shape index (κ1) is 17.8. The van der Waals surface area contributed by atoms with Crippen LogP contribution in [0.2, 0.25) is 0 Å². The van der Waals surface area contributed by atoms with Crippen LogP contribution in [0.5, 0.6) is 5.75 Å². The fourth-order valence-corrected chi connectivity index (χ4v) is 3.78. The van der Waals surface area contributed by atoms with E-state index in [9.17, 15) is 9.59 Å². The van der Waals surface area contributed by atoms with E-state index in [1.165, 1.54) is 6.42 Å². The number of carbonyl (C=O) groups is 2. The van der Waals surface area contributed by atoms with Crippen molar-refractivity contribution in [3.63, 3.8) is 0 Å². The summed E-state index contributed by atoms with van der Waals surface area (Å²) in [5, 5.41) is 3.14. The fourth-order valence-electron chi connectivity index (χ4n) is 3.78. The highest BCUT2D eigenvalue weighted by atomic mass is 16.5. The van der Waals surface area contributed by atoms with Crippen molar-refractivity contribution in [2.45, 2.75) is 65.0 Å². The molecule has 1 aliphatic carbocycles. The van der Waals surface area contributed by atoms with Crippen molar-refractivity contribution in [1.29, 1.82) is 0 Å². The molecule has 1 aliphatic heterocycles. The smallest absolute Gasteiger partial charge is 0.268 e. The van der Waals surface area contributed by atoms with Crippen molar-refractivity contribution in [3.05, 3.63) is 23.8 Å². The van der Waals surface area contributed by atoms with Crippen LogP contribution in [0.3, 0.4) is 0 Å². The third-order valence-electron chi connectivity index (χ3n) is 5.35. The van der Waals surface area contributed by atoms with Gasteiger partial charge >= 0.3 is 0 Å². The average molecular weight is 344 g/mol. The maximum Gasteiger partial charge on any atom is 0.268 e. The van der Waals surface area contributed by atoms with E-state index in [1.54, 1.807) is 4.90 Å². The fraction of sp³-hybridized carbons (Fsp3) is 0.600. The van der Waals surface area contributed by atoms with Gasteiger partial charge in [-0.2, -0.15) is 0 Å². The van der Waals surface area contributed by atoms with E-state index in [-0.39, 0.29) is 24.4 Å². The monoisotopic (exact) mass is 344 g/mol. The van der Waals surface area contributed by atoms with Gasteiger partial charge in [-0.15, -0.1) is 0 Å². The Balaban J connectivity index is 1.76. The van der Waals surface area contributed by atoms with Crippen LogP contribution in [0, 0.1) is 12.8 Å². The normalized spacial score (nSPS) is 26.0.